The molecule has 114 valence electrons. The predicted octanol–water partition coefficient (Wildman–Crippen LogP) is 4.72. The van der Waals surface area contributed by atoms with Gasteiger partial charge in [0.2, 0.25) is 0 Å². The van der Waals surface area contributed by atoms with Gasteiger partial charge in [0.25, 0.3) is 0 Å². The van der Waals surface area contributed by atoms with Crippen molar-refractivity contribution < 1.29 is 0 Å². The molecular weight excluding hydrogens is 332 g/mol. The molecule has 0 spiro atoms. The van der Waals surface area contributed by atoms with E-state index in [2.05, 4.69) is 47.7 Å². The molecule has 2 N–H and O–H groups in total. The lowest BCUT2D eigenvalue weighted by atomic mass is 10.1. The second-order valence-electron chi connectivity index (χ2n) is 6.33. The lowest BCUT2D eigenvalue weighted by Crippen LogP contribution is -2.42. The summed E-state index contributed by atoms with van der Waals surface area (Å²) in [7, 11) is 0. The molecule has 20 heavy (non-hydrogen) atoms. The molecule has 0 aromatic carbocycles. The van der Waals surface area contributed by atoms with Gasteiger partial charge in [-0.15, -0.1) is 11.3 Å². The maximum Gasteiger partial charge on any atom is 0.0567 e. The average Bonchev–Trinajstić information content (AvgIpc) is 3.00. The number of rotatable bonds is 6. The first-order valence-corrected chi connectivity index (χ1v) is 9.35. The minimum atomic E-state index is 0.385. The molecule has 2 nitrogen and oxygen atoms in total. The molecule has 1 atom stereocenters. The monoisotopic (exact) mass is 358 g/mol. The highest BCUT2D eigenvalue weighted by Crippen LogP contribution is 2.37. The van der Waals surface area contributed by atoms with Gasteiger partial charge in [-0.2, -0.15) is 0 Å². The first-order chi connectivity index (χ1) is 9.52. The Hall–Kier alpha value is 0.100. The van der Waals surface area contributed by atoms with Crippen LogP contribution in [0, 0.1) is 12.8 Å². The Morgan fingerprint density at radius 2 is 2.05 bits per heavy atom. The fourth-order valence-corrected chi connectivity index (χ4v) is 4.94. The molecule has 0 aliphatic heterocycles. The summed E-state index contributed by atoms with van der Waals surface area (Å²) in [6.45, 7) is 8.67. The van der Waals surface area contributed by atoms with E-state index in [1.54, 1.807) is 0 Å². The molecule has 4 heteroatoms. The van der Waals surface area contributed by atoms with Crippen LogP contribution < -0.4 is 5.73 Å². The smallest absolute Gasteiger partial charge is 0.0567 e. The molecular formula is C16H27BrN2S. The molecule has 0 bridgehead atoms. The van der Waals surface area contributed by atoms with E-state index < -0.39 is 0 Å². The molecule has 1 fully saturated rings. The van der Waals surface area contributed by atoms with E-state index in [1.165, 1.54) is 39.9 Å². The van der Waals surface area contributed by atoms with Gasteiger partial charge >= 0.3 is 0 Å². The quantitative estimate of drug-likeness (QED) is 0.796. The van der Waals surface area contributed by atoms with Gasteiger partial charge in [0.15, 0.2) is 0 Å². The average molecular weight is 359 g/mol. The third-order valence-electron chi connectivity index (χ3n) is 4.20. The topological polar surface area (TPSA) is 29.3 Å². The van der Waals surface area contributed by atoms with E-state index in [0.29, 0.717) is 12.0 Å². The zero-order chi connectivity index (χ0) is 14.7. The van der Waals surface area contributed by atoms with Gasteiger partial charge in [0.05, 0.1) is 6.04 Å². The number of halogens is 1. The van der Waals surface area contributed by atoms with Crippen LogP contribution in [0.5, 0.6) is 0 Å². The van der Waals surface area contributed by atoms with Gasteiger partial charge < -0.3 is 5.73 Å². The van der Waals surface area contributed by atoms with Crippen LogP contribution in [0.4, 0.5) is 0 Å². The Balaban J connectivity index is 2.23. The van der Waals surface area contributed by atoms with E-state index in [9.17, 15) is 0 Å². The maximum absolute atomic E-state index is 6.16. The fourth-order valence-electron chi connectivity index (χ4n) is 3.25. The Bertz CT molecular complexity index is 405. The normalized spacial score (nSPS) is 18.4. The number of thiophene rings is 1. The predicted molar refractivity (Wildman–Crippen MR) is 92.4 cm³/mol. The highest BCUT2D eigenvalue weighted by atomic mass is 79.9. The summed E-state index contributed by atoms with van der Waals surface area (Å²) >= 11 is 5.54. The Morgan fingerprint density at radius 1 is 1.40 bits per heavy atom. The van der Waals surface area contributed by atoms with Gasteiger partial charge in [0.1, 0.15) is 0 Å². The minimum absolute atomic E-state index is 0.385. The van der Waals surface area contributed by atoms with Crippen molar-refractivity contribution >= 4 is 27.3 Å². The van der Waals surface area contributed by atoms with Gasteiger partial charge in [-0.05, 0) is 47.7 Å². The van der Waals surface area contributed by atoms with Crippen molar-refractivity contribution in [3.05, 3.63) is 20.3 Å². The molecule has 1 aliphatic rings. The largest absolute Gasteiger partial charge is 0.329 e. The summed E-state index contributed by atoms with van der Waals surface area (Å²) in [4.78, 5) is 5.47. The summed E-state index contributed by atoms with van der Waals surface area (Å²) in [5.41, 5.74) is 6.16. The van der Waals surface area contributed by atoms with Crippen molar-refractivity contribution in [2.75, 3.05) is 13.1 Å². The van der Waals surface area contributed by atoms with Crippen molar-refractivity contribution in [3.8, 4) is 0 Å². The Morgan fingerprint density at radius 3 is 2.50 bits per heavy atom. The minimum Gasteiger partial charge on any atom is -0.329 e. The summed E-state index contributed by atoms with van der Waals surface area (Å²) in [6.07, 6.45) is 5.44. The molecule has 0 saturated heterocycles. The molecule has 1 unspecified atom stereocenters. The Kier molecular flexibility index (Phi) is 6.09. The van der Waals surface area contributed by atoms with Crippen LogP contribution in [0.1, 0.15) is 55.3 Å². The van der Waals surface area contributed by atoms with Gasteiger partial charge in [0, 0.05) is 33.4 Å². The second-order valence-corrected chi connectivity index (χ2v) is 8.48. The van der Waals surface area contributed by atoms with Crippen LogP contribution in [0.15, 0.2) is 10.5 Å². The third-order valence-corrected chi connectivity index (χ3v) is 6.44. The number of nitrogens with zero attached hydrogens (tertiary/aromatic N) is 1. The van der Waals surface area contributed by atoms with Gasteiger partial charge in [-0.3, -0.25) is 4.90 Å². The summed E-state index contributed by atoms with van der Waals surface area (Å²) in [6, 6.07) is 3.39. The zero-order valence-electron chi connectivity index (χ0n) is 12.9. The SMILES string of the molecule is Cc1sc(C(CN)N(CC(C)C)C2CCCC2)cc1Br. The van der Waals surface area contributed by atoms with Gasteiger partial charge in [-0.25, -0.2) is 0 Å². The standard InChI is InChI=1S/C16H27BrN2S/c1-11(2)10-19(13-6-4-5-7-13)15(9-18)16-8-14(17)12(3)20-16/h8,11,13,15H,4-7,9-10,18H2,1-3H3. The van der Waals surface area contributed by atoms with E-state index in [0.717, 1.165) is 19.1 Å². The third kappa shape index (κ3) is 3.85. The van der Waals surface area contributed by atoms with Gasteiger partial charge in [-0.1, -0.05) is 26.7 Å². The van der Waals surface area contributed by atoms with E-state index in [1.807, 2.05) is 11.3 Å². The van der Waals surface area contributed by atoms with Crippen molar-refractivity contribution in [1.29, 1.82) is 0 Å². The Labute approximate surface area is 135 Å². The van der Waals surface area contributed by atoms with E-state index in [-0.39, 0.29) is 0 Å². The summed E-state index contributed by atoms with van der Waals surface area (Å²) in [5, 5.41) is 0. The highest BCUT2D eigenvalue weighted by Gasteiger charge is 2.30. The second kappa shape index (κ2) is 7.39. The number of hydrogen-bond acceptors (Lipinski definition) is 3. The van der Waals surface area contributed by atoms with Crippen molar-refractivity contribution in [2.45, 2.75) is 58.5 Å². The first-order valence-electron chi connectivity index (χ1n) is 7.74. The lowest BCUT2D eigenvalue weighted by Gasteiger charge is -2.36. The maximum atomic E-state index is 6.16. The van der Waals surface area contributed by atoms with Crippen molar-refractivity contribution in [1.82, 2.24) is 4.90 Å². The van der Waals surface area contributed by atoms with Crippen LogP contribution in [-0.2, 0) is 0 Å². The lowest BCUT2D eigenvalue weighted by molar-refractivity contribution is 0.123. The number of hydrogen-bond donors (Lipinski definition) is 1. The van der Waals surface area contributed by atoms with Crippen LogP contribution in [0.3, 0.4) is 0 Å². The first kappa shape index (κ1) is 16.5. The van der Waals surface area contributed by atoms with Crippen LogP contribution in [0.2, 0.25) is 0 Å². The molecule has 1 aromatic heterocycles. The van der Waals surface area contributed by atoms with Crippen LogP contribution >= 0.6 is 27.3 Å². The number of nitrogens with two attached hydrogens (primary N) is 1. The van der Waals surface area contributed by atoms with Crippen LogP contribution in [-0.4, -0.2) is 24.0 Å². The molecule has 1 aromatic rings. The summed E-state index contributed by atoms with van der Waals surface area (Å²) < 4.78 is 1.23. The molecule has 2 rings (SSSR count). The zero-order valence-corrected chi connectivity index (χ0v) is 15.3. The molecule has 1 aliphatic carbocycles. The molecule has 0 amide bonds. The molecule has 1 heterocycles. The van der Waals surface area contributed by atoms with Crippen molar-refractivity contribution in [2.24, 2.45) is 11.7 Å². The summed E-state index contributed by atoms with van der Waals surface area (Å²) in [5.74, 6) is 0.689. The van der Waals surface area contributed by atoms with E-state index >= 15 is 0 Å². The highest BCUT2D eigenvalue weighted by molar-refractivity contribution is 9.10. The van der Waals surface area contributed by atoms with E-state index in [4.69, 9.17) is 5.73 Å². The molecule has 0 radical (unpaired) electrons. The number of aryl methyl sites for hydroxylation is 1. The fraction of sp³-hybridized carbons (Fsp3) is 0.750. The molecule has 1 saturated carbocycles. The van der Waals surface area contributed by atoms with Crippen LogP contribution in [0.25, 0.3) is 0 Å². The van der Waals surface area contributed by atoms with Crippen molar-refractivity contribution in [3.63, 3.8) is 0 Å².